The lowest BCUT2D eigenvalue weighted by molar-refractivity contribution is -0.0830. The fraction of sp³-hybridized carbons (Fsp3) is 0.290. The first-order valence-corrected chi connectivity index (χ1v) is 13.1. The largest absolute Gasteiger partial charge is 0.497 e. The van der Waals surface area contributed by atoms with E-state index in [9.17, 15) is 19.8 Å². The second kappa shape index (κ2) is 11.7. The molecular weight excluding hydrogens is 528 g/mol. The minimum atomic E-state index is -1.42. The van der Waals surface area contributed by atoms with Crippen LogP contribution >= 0.6 is 0 Å². The van der Waals surface area contributed by atoms with Gasteiger partial charge in [0.25, 0.3) is 5.56 Å². The van der Waals surface area contributed by atoms with Crippen molar-refractivity contribution in [1.29, 1.82) is 0 Å². The Morgan fingerprint density at radius 3 is 1.90 bits per heavy atom. The van der Waals surface area contributed by atoms with Gasteiger partial charge in [0.05, 0.1) is 26.4 Å². The summed E-state index contributed by atoms with van der Waals surface area (Å²) in [6.45, 7) is -0.147. The number of aryl methyl sites for hydroxylation is 1. The zero-order chi connectivity index (χ0) is 29.1. The Kier molecular flexibility index (Phi) is 8.09. The molecule has 0 aliphatic carbocycles. The van der Waals surface area contributed by atoms with Crippen molar-refractivity contribution in [3.63, 3.8) is 0 Å². The molecule has 1 saturated heterocycles. The van der Waals surface area contributed by atoms with Gasteiger partial charge >= 0.3 is 5.69 Å². The quantitative estimate of drug-likeness (QED) is 0.266. The van der Waals surface area contributed by atoms with Gasteiger partial charge < -0.3 is 33.7 Å². The molecule has 3 aromatic carbocycles. The first-order valence-electron chi connectivity index (χ1n) is 13.1. The van der Waals surface area contributed by atoms with Gasteiger partial charge in [-0.25, -0.2) is 4.79 Å². The number of aromatic nitrogens is 2. The van der Waals surface area contributed by atoms with Crippen LogP contribution in [0.5, 0.6) is 11.5 Å². The van der Waals surface area contributed by atoms with Crippen molar-refractivity contribution in [2.45, 2.75) is 30.0 Å². The van der Waals surface area contributed by atoms with E-state index in [0.717, 1.165) is 16.7 Å². The summed E-state index contributed by atoms with van der Waals surface area (Å²) in [5.74, 6) is 1.35. The molecular formula is C31H32N2O8. The summed E-state index contributed by atoms with van der Waals surface area (Å²) in [7, 11) is 4.66. The SMILES string of the molecule is COc1ccc(C(OC[C@H]2O[C@@H](c3cn(C)c(=O)[nH]c3=O)[C@H](O)[C@@H]2O)(c2ccccc2)c2ccc(OC)cc2)cc1. The molecule has 10 heteroatoms. The minimum Gasteiger partial charge on any atom is -0.497 e. The Labute approximate surface area is 236 Å². The number of aliphatic hydroxyl groups excluding tert-OH is 2. The number of aliphatic hydroxyl groups is 2. The van der Waals surface area contributed by atoms with Crippen LogP contribution in [0, 0.1) is 0 Å². The van der Waals surface area contributed by atoms with E-state index < -0.39 is 41.3 Å². The highest BCUT2D eigenvalue weighted by Gasteiger charge is 2.47. The highest BCUT2D eigenvalue weighted by Crippen LogP contribution is 2.43. The van der Waals surface area contributed by atoms with Gasteiger partial charge in [0, 0.05) is 13.2 Å². The predicted octanol–water partition coefficient (Wildman–Crippen LogP) is 2.26. The van der Waals surface area contributed by atoms with E-state index in [-0.39, 0.29) is 12.2 Å². The smallest absolute Gasteiger partial charge is 0.328 e. The van der Waals surface area contributed by atoms with Gasteiger partial charge in [-0.3, -0.25) is 9.78 Å². The number of ether oxygens (including phenoxy) is 4. The summed E-state index contributed by atoms with van der Waals surface area (Å²) in [4.78, 5) is 26.6. The normalized spacial score (nSPS) is 20.6. The Morgan fingerprint density at radius 2 is 1.37 bits per heavy atom. The third kappa shape index (κ3) is 5.30. The molecule has 214 valence electrons. The van der Waals surface area contributed by atoms with Gasteiger partial charge in [-0.15, -0.1) is 0 Å². The second-order valence-corrected chi connectivity index (χ2v) is 9.85. The van der Waals surface area contributed by atoms with Crippen molar-refractivity contribution in [3.8, 4) is 11.5 Å². The van der Waals surface area contributed by atoms with Crippen LogP contribution in [0.3, 0.4) is 0 Å². The van der Waals surface area contributed by atoms with Gasteiger partial charge in [-0.1, -0.05) is 54.6 Å². The number of methoxy groups -OCH3 is 2. The van der Waals surface area contributed by atoms with E-state index in [1.165, 1.54) is 17.8 Å². The number of rotatable bonds is 9. The summed E-state index contributed by atoms with van der Waals surface area (Å²) < 4.78 is 24.7. The van der Waals surface area contributed by atoms with Gasteiger partial charge in [-0.2, -0.15) is 0 Å². The summed E-state index contributed by atoms with van der Waals surface area (Å²) in [5, 5.41) is 21.8. The number of hydrogen-bond donors (Lipinski definition) is 3. The van der Waals surface area contributed by atoms with Gasteiger partial charge in [0.15, 0.2) is 0 Å². The molecule has 10 nitrogen and oxygen atoms in total. The van der Waals surface area contributed by atoms with E-state index in [1.54, 1.807) is 14.2 Å². The summed E-state index contributed by atoms with van der Waals surface area (Å²) in [6, 6.07) is 24.6. The van der Waals surface area contributed by atoms with Crippen molar-refractivity contribution >= 4 is 0 Å². The van der Waals surface area contributed by atoms with E-state index >= 15 is 0 Å². The molecule has 4 atom stereocenters. The van der Waals surface area contributed by atoms with Crippen LogP contribution in [-0.4, -0.2) is 58.9 Å². The average Bonchev–Trinajstić information content (AvgIpc) is 3.29. The van der Waals surface area contributed by atoms with Gasteiger partial charge in [0.2, 0.25) is 0 Å². The predicted molar refractivity (Wildman–Crippen MR) is 150 cm³/mol. The van der Waals surface area contributed by atoms with Crippen LogP contribution in [0.1, 0.15) is 28.4 Å². The van der Waals surface area contributed by atoms with Crippen molar-refractivity contribution in [1.82, 2.24) is 9.55 Å². The molecule has 5 rings (SSSR count). The lowest BCUT2D eigenvalue weighted by atomic mass is 9.80. The van der Waals surface area contributed by atoms with Gasteiger partial charge in [0.1, 0.15) is 41.5 Å². The molecule has 4 aromatic rings. The number of nitrogens with zero attached hydrogens (tertiary/aromatic N) is 1. The lowest BCUT2D eigenvalue weighted by Gasteiger charge is -2.37. The first kappa shape index (κ1) is 28.3. The van der Waals surface area contributed by atoms with Crippen molar-refractivity contribution in [2.24, 2.45) is 7.05 Å². The maximum atomic E-state index is 12.5. The molecule has 0 saturated carbocycles. The van der Waals surface area contributed by atoms with Gasteiger partial charge in [-0.05, 0) is 41.0 Å². The number of H-pyrrole nitrogens is 1. The highest BCUT2D eigenvalue weighted by molar-refractivity contribution is 5.49. The van der Waals surface area contributed by atoms with E-state index in [1.807, 2.05) is 78.9 Å². The molecule has 0 spiro atoms. The first-order chi connectivity index (χ1) is 19.8. The Morgan fingerprint density at radius 1 is 0.829 bits per heavy atom. The highest BCUT2D eigenvalue weighted by atomic mass is 16.6. The molecule has 2 heterocycles. The molecule has 0 radical (unpaired) electrons. The third-order valence-corrected chi connectivity index (χ3v) is 7.44. The van der Waals surface area contributed by atoms with Crippen molar-refractivity contribution in [3.05, 3.63) is 128 Å². The number of benzene rings is 3. The Hall–Kier alpha value is -4.22. The number of hydrogen-bond acceptors (Lipinski definition) is 8. The van der Waals surface area contributed by atoms with Crippen LogP contribution < -0.4 is 20.7 Å². The van der Waals surface area contributed by atoms with Crippen LogP contribution in [0.4, 0.5) is 0 Å². The molecule has 0 bridgehead atoms. The monoisotopic (exact) mass is 560 g/mol. The molecule has 0 unspecified atom stereocenters. The maximum Gasteiger partial charge on any atom is 0.328 e. The summed E-state index contributed by atoms with van der Waals surface area (Å²) in [6.07, 6.45) is -3.64. The van der Waals surface area contributed by atoms with Crippen molar-refractivity contribution < 1.29 is 29.2 Å². The number of aromatic amines is 1. The van der Waals surface area contributed by atoms with Crippen LogP contribution in [-0.2, 0) is 22.1 Å². The zero-order valence-corrected chi connectivity index (χ0v) is 22.9. The van der Waals surface area contributed by atoms with E-state index in [4.69, 9.17) is 18.9 Å². The molecule has 3 N–H and O–H groups in total. The molecule has 1 aromatic heterocycles. The van der Waals surface area contributed by atoms with E-state index in [0.29, 0.717) is 11.5 Å². The summed E-state index contributed by atoms with van der Waals surface area (Å²) >= 11 is 0. The Balaban J connectivity index is 1.56. The molecule has 1 aliphatic heterocycles. The lowest BCUT2D eigenvalue weighted by Crippen LogP contribution is -2.39. The number of nitrogens with one attached hydrogen (secondary N) is 1. The molecule has 1 aliphatic rings. The van der Waals surface area contributed by atoms with E-state index in [2.05, 4.69) is 4.98 Å². The average molecular weight is 561 g/mol. The molecule has 1 fully saturated rings. The molecule has 41 heavy (non-hydrogen) atoms. The molecule has 0 amide bonds. The standard InChI is InChI=1S/C31H32N2O8/c1-33-17-24(29(36)32-30(33)37)28-27(35)26(34)25(41-28)18-40-31(19-7-5-4-6-8-19,20-9-13-22(38-2)14-10-20)21-11-15-23(39-3)16-12-21/h4-17,25-28,34-35H,18H2,1-3H3,(H,32,36,37)/t25-,26-,27-,28+/m1/s1. The second-order valence-electron chi connectivity index (χ2n) is 9.85. The maximum absolute atomic E-state index is 12.5. The fourth-order valence-electron chi connectivity index (χ4n) is 5.21. The minimum absolute atomic E-state index is 0.0285. The third-order valence-electron chi connectivity index (χ3n) is 7.44. The van der Waals surface area contributed by atoms with Crippen LogP contribution in [0.2, 0.25) is 0 Å². The van der Waals surface area contributed by atoms with Crippen molar-refractivity contribution in [2.75, 3.05) is 20.8 Å². The zero-order valence-electron chi connectivity index (χ0n) is 22.9. The fourth-order valence-corrected chi connectivity index (χ4v) is 5.21. The topological polar surface area (TPSA) is 132 Å². The Bertz CT molecular complexity index is 1530. The van der Waals surface area contributed by atoms with Crippen LogP contribution in [0.15, 0.2) is 94.6 Å². The summed E-state index contributed by atoms with van der Waals surface area (Å²) in [5.41, 5.74) is -0.0444. The van der Waals surface area contributed by atoms with Crippen LogP contribution in [0.25, 0.3) is 0 Å².